The summed E-state index contributed by atoms with van der Waals surface area (Å²) in [5.41, 5.74) is 3.44. The van der Waals surface area contributed by atoms with Crippen molar-refractivity contribution in [2.75, 3.05) is 19.4 Å². The molecule has 1 aliphatic rings. The summed E-state index contributed by atoms with van der Waals surface area (Å²) in [6, 6.07) is 14.6. The van der Waals surface area contributed by atoms with Crippen molar-refractivity contribution in [1.82, 2.24) is 4.90 Å². The van der Waals surface area contributed by atoms with Gasteiger partial charge in [-0.3, -0.25) is 9.59 Å². The molecule has 1 aliphatic carbocycles. The lowest BCUT2D eigenvalue weighted by atomic mass is 9.89. The van der Waals surface area contributed by atoms with Gasteiger partial charge < -0.3 is 10.2 Å². The molecule has 2 aromatic carbocycles. The maximum atomic E-state index is 12.9. The van der Waals surface area contributed by atoms with Crippen LogP contribution in [0.3, 0.4) is 0 Å². The largest absolute Gasteiger partial charge is 0.373 e. The highest BCUT2D eigenvalue weighted by molar-refractivity contribution is 6.27. The summed E-state index contributed by atoms with van der Waals surface area (Å²) in [5, 5.41) is 3.17. The maximum absolute atomic E-state index is 12.9. The number of hydrogen-bond acceptors (Lipinski definition) is 4. The van der Waals surface area contributed by atoms with Gasteiger partial charge in [0, 0.05) is 30.9 Å². The van der Waals surface area contributed by atoms with Crippen molar-refractivity contribution in [3.8, 4) is 0 Å². The second-order valence-electron chi connectivity index (χ2n) is 5.76. The number of nitrogens with zero attached hydrogens (tertiary/aromatic N) is 1. The van der Waals surface area contributed by atoms with Gasteiger partial charge in [0.2, 0.25) is 11.6 Å². The SMILES string of the molecule is Cc1ccccc1NC1=C(N(C)C)C(=O)c2ccccc2C1=O. The van der Waals surface area contributed by atoms with Gasteiger partial charge in [-0.05, 0) is 18.6 Å². The number of likely N-dealkylation sites (N-methyl/N-ethyl adjacent to an activating group) is 1. The number of fused-ring (bicyclic) bond motifs is 1. The molecule has 1 N–H and O–H groups in total. The van der Waals surface area contributed by atoms with E-state index in [0.717, 1.165) is 11.3 Å². The number of hydrogen-bond donors (Lipinski definition) is 1. The number of aryl methyl sites for hydroxylation is 1. The quantitative estimate of drug-likeness (QED) is 0.945. The van der Waals surface area contributed by atoms with E-state index in [1.807, 2.05) is 31.2 Å². The average molecular weight is 306 g/mol. The summed E-state index contributed by atoms with van der Waals surface area (Å²) in [5.74, 6) is -0.298. The van der Waals surface area contributed by atoms with Gasteiger partial charge in [0.25, 0.3) is 0 Å². The van der Waals surface area contributed by atoms with Gasteiger partial charge in [-0.15, -0.1) is 0 Å². The summed E-state index contributed by atoms with van der Waals surface area (Å²) in [7, 11) is 3.54. The van der Waals surface area contributed by atoms with E-state index >= 15 is 0 Å². The first kappa shape index (κ1) is 15.0. The van der Waals surface area contributed by atoms with Crippen molar-refractivity contribution in [2.24, 2.45) is 0 Å². The molecule has 0 bridgehead atoms. The van der Waals surface area contributed by atoms with Crippen LogP contribution in [0.2, 0.25) is 0 Å². The Labute approximate surface area is 135 Å². The molecule has 0 aromatic heterocycles. The Morgan fingerprint density at radius 3 is 2.00 bits per heavy atom. The Kier molecular flexibility index (Phi) is 3.74. The minimum absolute atomic E-state index is 0.138. The van der Waals surface area contributed by atoms with Crippen LogP contribution in [0, 0.1) is 6.92 Å². The molecular formula is C19H18N2O2. The molecule has 23 heavy (non-hydrogen) atoms. The number of rotatable bonds is 3. The van der Waals surface area contributed by atoms with E-state index in [4.69, 9.17) is 0 Å². The maximum Gasteiger partial charge on any atom is 0.212 e. The van der Waals surface area contributed by atoms with Crippen molar-refractivity contribution in [3.05, 3.63) is 76.6 Å². The zero-order valence-corrected chi connectivity index (χ0v) is 13.4. The highest BCUT2D eigenvalue weighted by atomic mass is 16.1. The molecule has 0 saturated heterocycles. The molecule has 116 valence electrons. The van der Waals surface area contributed by atoms with Gasteiger partial charge in [-0.1, -0.05) is 42.5 Å². The number of allylic oxidation sites excluding steroid dienone is 2. The average Bonchev–Trinajstić information content (AvgIpc) is 2.54. The van der Waals surface area contributed by atoms with Gasteiger partial charge >= 0.3 is 0 Å². The second kappa shape index (κ2) is 5.72. The van der Waals surface area contributed by atoms with Crippen LogP contribution in [0.5, 0.6) is 0 Å². The van der Waals surface area contributed by atoms with Gasteiger partial charge in [0.15, 0.2) is 0 Å². The third-order valence-corrected chi connectivity index (χ3v) is 3.95. The second-order valence-corrected chi connectivity index (χ2v) is 5.76. The molecule has 0 heterocycles. The third kappa shape index (κ3) is 2.52. The lowest BCUT2D eigenvalue weighted by Crippen LogP contribution is -2.32. The van der Waals surface area contributed by atoms with Crippen LogP contribution in [0.25, 0.3) is 0 Å². The molecule has 0 atom stereocenters. The van der Waals surface area contributed by atoms with E-state index in [1.54, 1.807) is 43.3 Å². The molecule has 3 rings (SSSR count). The number of benzene rings is 2. The van der Waals surface area contributed by atoms with Crippen LogP contribution >= 0.6 is 0 Å². The smallest absolute Gasteiger partial charge is 0.212 e. The lowest BCUT2D eigenvalue weighted by Gasteiger charge is -2.26. The first-order valence-electron chi connectivity index (χ1n) is 7.43. The zero-order valence-electron chi connectivity index (χ0n) is 13.4. The van der Waals surface area contributed by atoms with E-state index in [9.17, 15) is 9.59 Å². The third-order valence-electron chi connectivity index (χ3n) is 3.95. The first-order chi connectivity index (χ1) is 11.0. The zero-order chi connectivity index (χ0) is 16.6. The summed E-state index contributed by atoms with van der Waals surface area (Å²) in [4.78, 5) is 27.4. The van der Waals surface area contributed by atoms with Crippen LogP contribution in [0.15, 0.2) is 59.9 Å². The first-order valence-corrected chi connectivity index (χ1v) is 7.43. The minimum Gasteiger partial charge on any atom is -0.373 e. The van der Waals surface area contributed by atoms with Crippen molar-refractivity contribution in [2.45, 2.75) is 6.92 Å². The Morgan fingerprint density at radius 1 is 0.826 bits per heavy atom. The number of para-hydroxylation sites is 1. The van der Waals surface area contributed by atoms with Crippen molar-refractivity contribution in [3.63, 3.8) is 0 Å². The van der Waals surface area contributed by atoms with E-state index in [2.05, 4.69) is 5.32 Å². The lowest BCUT2D eigenvalue weighted by molar-refractivity contribution is 0.0953. The van der Waals surface area contributed by atoms with Crippen LogP contribution in [0.4, 0.5) is 5.69 Å². The molecule has 0 aliphatic heterocycles. The van der Waals surface area contributed by atoms with Gasteiger partial charge in [-0.2, -0.15) is 0 Å². The number of anilines is 1. The Bertz CT molecular complexity index is 835. The summed E-state index contributed by atoms with van der Waals surface area (Å²) >= 11 is 0. The standard InChI is InChI=1S/C19H18N2O2/c1-12-8-4-7-11-15(12)20-16-17(21(2)3)19(23)14-10-6-5-9-13(14)18(16)22/h4-11,20H,1-3H3. The summed E-state index contributed by atoms with van der Waals surface area (Å²) in [6.07, 6.45) is 0. The number of nitrogens with one attached hydrogen (secondary N) is 1. The van der Waals surface area contributed by atoms with E-state index in [0.29, 0.717) is 22.5 Å². The van der Waals surface area contributed by atoms with Gasteiger partial charge in [0.1, 0.15) is 11.4 Å². The van der Waals surface area contributed by atoms with Crippen LogP contribution < -0.4 is 5.32 Å². The van der Waals surface area contributed by atoms with Gasteiger partial charge in [-0.25, -0.2) is 0 Å². The predicted molar refractivity (Wildman–Crippen MR) is 90.6 cm³/mol. The number of Topliss-reactive ketones (excluding diaryl/α,β-unsaturated/α-hetero) is 2. The molecule has 0 unspecified atom stereocenters. The normalized spacial score (nSPS) is 13.9. The van der Waals surface area contributed by atoms with Gasteiger partial charge in [0.05, 0.1) is 0 Å². The molecule has 0 fully saturated rings. The fraction of sp³-hybridized carbons (Fsp3) is 0.158. The highest BCUT2D eigenvalue weighted by Gasteiger charge is 2.33. The molecule has 4 nitrogen and oxygen atoms in total. The Balaban J connectivity index is 2.15. The van der Waals surface area contributed by atoms with Crippen LogP contribution in [-0.2, 0) is 0 Å². The number of carbonyl (C=O) groups excluding carboxylic acids is 2. The summed E-state index contributed by atoms with van der Waals surface area (Å²) < 4.78 is 0. The Morgan fingerprint density at radius 2 is 1.39 bits per heavy atom. The fourth-order valence-corrected chi connectivity index (χ4v) is 2.75. The molecule has 2 aromatic rings. The minimum atomic E-state index is -0.160. The molecule has 0 amide bonds. The van der Waals surface area contributed by atoms with Crippen molar-refractivity contribution >= 4 is 17.3 Å². The Hall–Kier alpha value is -2.88. The molecule has 0 spiro atoms. The molecule has 0 saturated carbocycles. The highest BCUT2D eigenvalue weighted by Crippen LogP contribution is 2.29. The van der Waals surface area contributed by atoms with Crippen LogP contribution in [0.1, 0.15) is 26.3 Å². The van der Waals surface area contributed by atoms with Crippen molar-refractivity contribution in [1.29, 1.82) is 0 Å². The molecule has 0 radical (unpaired) electrons. The monoisotopic (exact) mass is 306 g/mol. The van der Waals surface area contributed by atoms with E-state index in [-0.39, 0.29) is 11.6 Å². The molecular weight excluding hydrogens is 288 g/mol. The topological polar surface area (TPSA) is 49.4 Å². The summed E-state index contributed by atoms with van der Waals surface area (Å²) in [6.45, 7) is 1.96. The fourth-order valence-electron chi connectivity index (χ4n) is 2.75. The number of ketones is 2. The van der Waals surface area contributed by atoms with E-state index < -0.39 is 0 Å². The van der Waals surface area contributed by atoms with Crippen molar-refractivity contribution < 1.29 is 9.59 Å². The predicted octanol–water partition coefficient (Wildman–Crippen LogP) is 3.26. The van der Waals surface area contributed by atoms with Crippen LogP contribution in [-0.4, -0.2) is 30.6 Å². The molecule has 4 heteroatoms. The number of carbonyl (C=O) groups is 2. The van der Waals surface area contributed by atoms with E-state index in [1.165, 1.54) is 0 Å².